The number of rotatable bonds is 3. The lowest BCUT2D eigenvalue weighted by atomic mass is 9.91. The molecule has 0 saturated carbocycles. The molecule has 0 heterocycles. The Labute approximate surface area is 70.2 Å². The van der Waals surface area contributed by atoms with Gasteiger partial charge in [0.05, 0.1) is 6.61 Å². The molecule has 0 N–H and O–H groups in total. The van der Waals surface area contributed by atoms with Crippen molar-refractivity contribution in [1.29, 1.82) is 0 Å². The summed E-state index contributed by atoms with van der Waals surface area (Å²) in [6.45, 7) is 7.16. The van der Waals surface area contributed by atoms with Gasteiger partial charge in [-0.25, -0.2) is 0 Å². The van der Waals surface area contributed by atoms with Crippen molar-refractivity contribution in [1.82, 2.24) is 0 Å². The predicted molar refractivity (Wildman–Crippen MR) is 40.6 cm³/mol. The second-order valence-corrected chi connectivity index (χ2v) is 2.98. The third-order valence-corrected chi connectivity index (χ3v) is 1.72. The van der Waals surface area contributed by atoms with Crippen molar-refractivity contribution in [3.63, 3.8) is 0 Å². The predicted octanol–water partition coefficient (Wildman–Crippen LogP) is 3.13. The van der Waals surface area contributed by atoms with E-state index in [4.69, 9.17) is 4.74 Å². The minimum absolute atomic E-state index is 0.207. The molecule has 0 aliphatic rings. The zero-order chi connectivity index (χ0) is 9.99. The van der Waals surface area contributed by atoms with Gasteiger partial charge in [0.1, 0.15) is 11.2 Å². The van der Waals surface area contributed by atoms with Crippen molar-refractivity contribution in [3.05, 3.63) is 12.3 Å². The van der Waals surface area contributed by atoms with Crippen molar-refractivity contribution < 1.29 is 17.9 Å². The van der Waals surface area contributed by atoms with Crippen LogP contribution in [0, 0.1) is 5.41 Å². The monoisotopic (exact) mass is 182 g/mol. The van der Waals surface area contributed by atoms with Gasteiger partial charge < -0.3 is 4.74 Å². The zero-order valence-corrected chi connectivity index (χ0v) is 7.46. The van der Waals surface area contributed by atoms with E-state index in [0.717, 1.165) is 13.8 Å². The van der Waals surface area contributed by atoms with Gasteiger partial charge >= 0.3 is 6.18 Å². The Kier molecular flexibility index (Phi) is 3.18. The molecule has 0 aliphatic heterocycles. The lowest BCUT2D eigenvalue weighted by molar-refractivity contribution is -0.208. The molecule has 0 bridgehead atoms. The molecule has 0 fully saturated rings. The Morgan fingerprint density at radius 2 is 1.75 bits per heavy atom. The molecule has 0 aromatic carbocycles. The molecule has 0 rings (SSSR count). The van der Waals surface area contributed by atoms with E-state index in [-0.39, 0.29) is 12.4 Å². The Bertz CT molecular complexity index is 170. The lowest BCUT2D eigenvalue weighted by Crippen LogP contribution is -2.34. The van der Waals surface area contributed by atoms with Gasteiger partial charge in [-0.3, -0.25) is 0 Å². The topological polar surface area (TPSA) is 9.23 Å². The van der Waals surface area contributed by atoms with Gasteiger partial charge in [0.25, 0.3) is 0 Å². The molecule has 4 heteroatoms. The van der Waals surface area contributed by atoms with Crippen molar-refractivity contribution >= 4 is 0 Å². The number of halogens is 3. The third-order valence-electron chi connectivity index (χ3n) is 1.72. The van der Waals surface area contributed by atoms with Gasteiger partial charge in [-0.2, -0.15) is 13.2 Å². The fourth-order valence-corrected chi connectivity index (χ4v) is 0.513. The molecule has 0 aliphatic carbocycles. The van der Waals surface area contributed by atoms with Crippen LogP contribution in [0.15, 0.2) is 12.3 Å². The van der Waals surface area contributed by atoms with Gasteiger partial charge in [-0.05, 0) is 20.8 Å². The summed E-state index contributed by atoms with van der Waals surface area (Å²) in [6, 6.07) is 0. The molecule has 0 aromatic heterocycles. The van der Waals surface area contributed by atoms with Crippen LogP contribution < -0.4 is 0 Å². The smallest absolute Gasteiger partial charge is 0.400 e. The van der Waals surface area contributed by atoms with Crippen molar-refractivity contribution in [2.75, 3.05) is 6.61 Å². The SMILES string of the molecule is C=C(OCC)C(C)(C)C(F)(F)F. The van der Waals surface area contributed by atoms with Crippen LogP contribution in [0.2, 0.25) is 0 Å². The van der Waals surface area contributed by atoms with Crippen molar-refractivity contribution in [3.8, 4) is 0 Å². The maximum atomic E-state index is 12.3. The van der Waals surface area contributed by atoms with E-state index >= 15 is 0 Å². The average Bonchev–Trinajstić information content (AvgIpc) is 1.85. The first-order chi connectivity index (χ1) is 5.23. The van der Waals surface area contributed by atoms with Crippen LogP contribution >= 0.6 is 0 Å². The van der Waals surface area contributed by atoms with Crippen molar-refractivity contribution in [2.45, 2.75) is 26.9 Å². The van der Waals surface area contributed by atoms with Crippen LogP contribution in [-0.4, -0.2) is 12.8 Å². The quantitative estimate of drug-likeness (QED) is 0.609. The maximum Gasteiger partial charge on any atom is 0.400 e. The van der Waals surface area contributed by atoms with E-state index in [0.29, 0.717) is 0 Å². The molecule has 0 spiro atoms. The maximum absolute atomic E-state index is 12.3. The van der Waals surface area contributed by atoms with Gasteiger partial charge in [-0.1, -0.05) is 6.58 Å². The summed E-state index contributed by atoms with van der Waals surface area (Å²) in [7, 11) is 0. The number of hydrogen-bond acceptors (Lipinski definition) is 1. The largest absolute Gasteiger partial charge is 0.498 e. The summed E-state index contributed by atoms with van der Waals surface area (Å²) in [5.41, 5.74) is -1.97. The normalized spacial score (nSPS) is 12.8. The summed E-state index contributed by atoms with van der Waals surface area (Å²) in [4.78, 5) is 0. The Morgan fingerprint density at radius 3 is 2.00 bits per heavy atom. The minimum Gasteiger partial charge on any atom is -0.498 e. The summed E-state index contributed by atoms with van der Waals surface area (Å²) in [5, 5.41) is 0. The number of hydrogen-bond donors (Lipinski definition) is 0. The van der Waals surface area contributed by atoms with E-state index in [1.165, 1.54) is 0 Å². The molecule has 0 saturated heterocycles. The zero-order valence-electron chi connectivity index (χ0n) is 7.46. The first-order valence-corrected chi connectivity index (χ1v) is 3.62. The molecule has 0 radical (unpaired) electrons. The van der Waals surface area contributed by atoms with Gasteiger partial charge in [0.2, 0.25) is 0 Å². The standard InChI is InChI=1S/C8H13F3O/c1-5-12-6(2)7(3,4)8(9,10)11/h2,5H2,1,3-4H3. The van der Waals surface area contributed by atoms with Crippen LogP contribution in [-0.2, 0) is 4.74 Å². The van der Waals surface area contributed by atoms with Crippen LogP contribution in [0.5, 0.6) is 0 Å². The van der Waals surface area contributed by atoms with Gasteiger partial charge in [-0.15, -0.1) is 0 Å². The third kappa shape index (κ3) is 2.16. The van der Waals surface area contributed by atoms with E-state index in [1.807, 2.05) is 0 Å². The number of ether oxygens (including phenoxy) is 1. The number of allylic oxidation sites excluding steroid dienone is 1. The summed E-state index contributed by atoms with van der Waals surface area (Å²) in [5.74, 6) is -0.238. The molecule has 0 unspecified atom stereocenters. The first-order valence-electron chi connectivity index (χ1n) is 3.62. The molecule has 12 heavy (non-hydrogen) atoms. The molecule has 0 aromatic rings. The summed E-state index contributed by atoms with van der Waals surface area (Å²) >= 11 is 0. The minimum atomic E-state index is -4.31. The first kappa shape index (κ1) is 11.3. The highest BCUT2D eigenvalue weighted by atomic mass is 19.4. The molecular formula is C8H13F3O. The van der Waals surface area contributed by atoms with Gasteiger partial charge in [0, 0.05) is 0 Å². The highest BCUT2D eigenvalue weighted by Gasteiger charge is 2.50. The summed E-state index contributed by atoms with van der Waals surface area (Å²) < 4.78 is 41.5. The molecule has 1 nitrogen and oxygen atoms in total. The highest BCUT2D eigenvalue weighted by Crippen LogP contribution is 2.42. The fraction of sp³-hybridized carbons (Fsp3) is 0.750. The second kappa shape index (κ2) is 3.37. The van der Waals surface area contributed by atoms with E-state index in [1.54, 1.807) is 6.92 Å². The number of alkyl halides is 3. The molecule has 72 valence electrons. The Morgan fingerprint density at radius 1 is 1.33 bits per heavy atom. The molecule has 0 amide bonds. The van der Waals surface area contributed by atoms with E-state index in [9.17, 15) is 13.2 Å². The molecule has 0 atom stereocenters. The molecular weight excluding hydrogens is 169 g/mol. The van der Waals surface area contributed by atoms with Gasteiger partial charge in [0.15, 0.2) is 0 Å². The highest BCUT2D eigenvalue weighted by molar-refractivity contribution is 5.02. The average molecular weight is 182 g/mol. The van der Waals surface area contributed by atoms with E-state index in [2.05, 4.69) is 6.58 Å². The second-order valence-electron chi connectivity index (χ2n) is 2.98. The summed E-state index contributed by atoms with van der Waals surface area (Å²) in [6.07, 6.45) is -4.31. The Balaban J connectivity index is 4.50. The fourth-order valence-electron chi connectivity index (χ4n) is 0.513. The van der Waals surface area contributed by atoms with Crippen molar-refractivity contribution in [2.24, 2.45) is 5.41 Å². The van der Waals surface area contributed by atoms with Crippen LogP contribution in [0.25, 0.3) is 0 Å². The van der Waals surface area contributed by atoms with Crippen LogP contribution in [0.4, 0.5) is 13.2 Å². The van der Waals surface area contributed by atoms with Crippen LogP contribution in [0.3, 0.4) is 0 Å². The lowest BCUT2D eigenvalue weighted by Gasteiger charge is -2.29. The van der Waals surface area contributed by atoms with Crippen LogP contribution in [0.1, 0.15) is 20.8 Å². The Hall–Kier alpha value is -0.670. The van der Waals surface area contributed by atoms with E-state index < -0.39 is 11.6 Å².